The summed E-state index contributed by atoms with van der Waals surface area (Å²) in [5, 5.41) is 39.8. The van der Waals surface area contributed by atoms with Gasteiger partial charge in [0.1, 0.15) is 24.4 Å². The number of amides is 1. The predicted octanol–water partition coefficient (Wildman–Crippen LogP) is -2.19. The number of carboxylic acid groups (broad SMARTS) is 1. The van der Waals surface area contributed by atoms with E-state index in [2.05, 4.69) is 5.32 Å². The fraction of sp³-hybridized carbons (Fsp3) is 0.833. The van der Waals surface area contributed by atoms with Crippen molar-refractivity contribution in [3.63, 3.8) is 0 Å². The van der Waals surface area contributed by atoms with Crippen LogP contribution in [0.5, 0.6) is 0 Å². The molecule has 0 spiro atoms. The molecule has 1 aliphatic rings. The molecular weight excluding hydrogens is 286 g/mol. The molecule has 9 nitrogen and oxygen atoms in total. The summed E-state index contributed by atoms with van der Waals surface area (Å²) < 4.78 is 10.6. The van der Waals surface area contributed by atoms with E-state index in [0.29, 0.717) is 0 Å². The minimum atomic E-state index is -1.37. The van der Waals surface area contributed by atoms with Gasteiger partial charge in [-0.15, -0.1) is 0 Å². The van der Waals surface area contributed by atoms with Crippen molar-refractivity contribution >= 4 is 11.9 Å². The van der Waals surface area contributed by atoms with Crippen LogP contribution in [0, 0.1) is 0 Å². The van der Waals surface area contributed by atoms with Gasteiger partial charge in [0.05, 0.1) is 13.2 Å². The first-order valence-corrected chi connectivity index (χ1v) is 6.59. The van der Waals surface area contributed by atoms with E-state index >= 15 is 0 Å². The zero-order valence-corrected chi connectivity index (χ0v) is 11.6. The maximum Gasteiger partial charge on any atom is 0.303 e. The van der Waals surface area contributed by atoms with E-state index in [4.69, 9.17) is 19.7 Å². The van der Waals surface area contributed by atoms with Crippen LogP contribution in [0.2, 0.25) is 0 Å². The molecule has 0 bridgehead atoms. The van der Waals surface area contributed by atoms with Crippen molar-refractivity contribution in [1.82, 2.24) is 5.32 Å². The highest BCUT2D eigenvalue weighted by molar-refractivity contribution is 5.73. The summed E-state index contributed by atoms with van der Waals surface area (Å²) in [5.41, 5.74) is 0. The second-order valence-electron chi connectivity index (χ2n) is 4.80. The third-order valence-electron chi connectivity index (χ3n) is 3.07. The van der Waals surface area contributed by atoms with Crippen molar-refractivity contribution in [2.24, 2.45) is 0 Å². The molecule has 122 valence electrons. The number of hydrogen-bond acceptors (Lipinski definition) is 7. The van der Waals surface area contributed by atoms with E-state index in [1.165, 1.54) is 6.92 Å². The van der Waals surface area contributed by atoms with Crippen LogP contribution < -0.4 is 5.32 Å². The first-order valence-electron chi connectivity index (χ1n) is 6.59. The normalized spacial score (nSPS) is 32.7. The van der Waals surface area contributed by atoms with E-state index in [-0.39, 0.29) is 19.4 Å². The molecule has 21 heavy (non-hydrogen) atoms. The lowest BCUT2D eigenvalue weighted by molar-refractivity contribution is -0.270. The van der Waals surface area contributed by atoms with Crippen molar-refractivity contribution in [3.05, 3.63) is 0 Å². The highest BCUT2D eigenvalue weighted by Gasteiger charge is 2.45. The fourth-order valence-corrected chi connectivity index (χ4v) is 2.04. The Hall–Kier alpha value is -1.26. The molecule has 9 heteroatoms. The molecule has 1 fully saturated rings. The second kappa shape index (κ2) is 8.25. The summed E-state index contributed by atoms with van der Waals surface area (Å²) in [5.74, 6) is -1.42. The summed E-state index contributed by atoms with van der Waals surface area (Å²) in [6.07, 6.45) is -4.74. The van der Waals surface area contributed by atoms with Crippen LogP contribution in [0.4, 0.5) is 0 Å². The molecular formula is C12H21NO8. The van der Waals surface area contributed by atoms with Gasteiger partial charge in [-0.25, -0.2) is 0 Å². The average molecular weight is 307 g/mol. The summed E-state index contributed by atoms with van der Waals surface area (Å²) >= 11 is 0. The Balaban J connectivity index is 2.64. The number of ether oxygens (including phenoxy) is 2. The second-order valence-corrected chi connectivity index (χ2v) is 4.80. The standard InChI is InChI=1S/C12H21NO8/c1-6(15)13-9-11(19)10(18)7(5-14)21-12(9)20-4-2-3-8(16)17/h7,9-12,14,18-19H,2-5H2,1H3,(H,13,15)(H,16,17)/t7-,9+,10-,11-,12-/m1/s1. The topological polar surface area (TPSA) is 146 Å². The maximum atomic E-state index is 11.1. The molecule has 0 aromatic heterocycles. The Bertz CT molecular complexity index is 363. The van der Waals surface area contributed by atoms with Gasteiger partial charge in [0.25, 0.3) is 0 Å². The smallest absolute Gasteiger partial charge is 0.303 e. The summed E-state index contributed by atoms with van der Waals surface area (Å²) in [6, 6.07) is -1.01. The highest BCUT2D eigenvalue weighted by atomic mass is 16.7. The van der Waals surface area contributed by atoms with E-state index in [0.717, 1.165) is 0 Å². The molecule has 0 aliphatic carbocycles. The number of nitrogens with one attached hydrogen (secondary N) is 1. The molecule has 0 aromatic carbocycles. The molecule has 5 N–H and O–H groups in total. The van der Waals surface area contributed by atoms with Crippen molar-refractivity contribution in [3.8, 4) is 0 Å². The van der Waals surface area contributed by atoms with E-state index in [1.807, 2.05) is 0 Å². The van der Waals surface area contributed by atoms with Crippen LogP contribution in [0.15, 0.2) is 0 Å². The Morgan fingerprint density at radius 2 is 1.95 bits per heavy atom. The monoisotopic (exact) mass is 307 g/mol. The predicted molar refractivity (Wildman–Crippen MR) is 68.2 cm³/mol. The summed E-state index contributed by atoms with van der Waals surface area (Å²) in [6.45, 7) is 0.743. The fourth-order valence-electron chi connectivity index (χ4n) is 2.04. The minimum Gasteiger partial charge on any atom is -0.481 e. The molecule has 1 heterocycles. The van der Waals surface area contributed by atoms with Gasteiger partial charge in [-0.2, -0.15) is 0 Å². The van der Waals surface area contributed by atoms with Gasteiger partial charge >= 0.3 is 5.97 Å². The zero-order valence-electron chi connectivity index (χ0n) is 11.6. The van der Waals surface area contributed by atoms with Gasteiger partial charge in [-0.05, 0) is 6.42 Å². The number of carboxylic acids is 1. The van der Waals surface area contributed by atoms with Crippen molar-refractivity contribution < 1.29 is 39.5 Å². The molecule has 1 aliphatic heterocycles. The molecule has 0 unspecified atom stereocenters. The number of carbonyl (C=O) groups excluding carboxylic acids is 1. The third-order valence-corrected chi connectivity index (χ3v) is 3.07. The van der Waals surface area contributed by atoms with Crippen LogP contribution in [0.3, 0.4) is 0 Å². The van der Waals surface area contributed by atoms with Gasteiger partial charge in [0, 0.05) is 13.3 Å². The number of rotatable bonds is 7. The third kappa shape index (κ3) is 5.21. The Morgan fingerprint density at radius 1 is 1.29 bits per heavy atom. The average Bonchev–Trinajstić information content (AvgIpc) is 2.41. The first kappa shape index (κ1) is 17.8. The van der Waals surface area contributed by atoms with Crippen molar-refractivity contribution in [2.45, 2.75) is 50.4 Å². The quantitative estimate of drug-likeness (QED) is 0.333. The van der Waals surface area contributed by atoms with Crippen molar-refractivity contribution in [1.29, 1.82) is 0 Å². The largest absolute Gasteiger partial charge is 0.481 e. The lowest BCUT2D eigenvalue weighted by Crippen LogP contribution is -2.64. The molecule has 0 aromatic rings. The maximum absolute atomic E-state index is 11.1. The molecule has 0 saturated carbocycles. The molecule has 0 radical (unpaired) electrons. The van der Waals surface area contributed by atoms with Crippen LogP contribution in [-0.2, 0) is 19.1 Å². The zero-order chi connectivity index (χ0) is 16.0. The van der Waals surface area contributed by atoms with Gasteiger partial charge in [0.15, 0.2) is 6.29 Å². The summed E-state index contributed by atoms with van der Waals surface area (Å²) in [7, 11) is 0. The first-order chi connectivity index (χ1) is 9.86. The van der Waals surface area contributed by atoms with Crippen LogP contribution in [-0.4, -0.2) is 76.2 Å². The number of aliphatic hydroxyl groups excluding tert-OH is 3. The number of aliphatic hydroxyl groups is 3. The van der Waals surface area contributed by atoms with Crippen LogP contribution in [0.25, 0.3) is 0 Å². The Kier molecular flexibility index (Phi) is 6.99. The molecule has 1 saturated heterocycles. The van der Waals surface area contributed by atoms with E-state index in [1.54, 1.807) is 0 Å². The van der Waals surface area contributed by atoms with Crippen molar-refractivity contribution in [2.75, 3.05) is 13.2 Å². The Labute approximate surface area is 121 Å². The lowest BCUT2D eigenvalue weighted by atomic mass is 9.97. The number of hydrogen-bond donors (Lipinski definition) is 5. The van der Waals surface area contributed by atoms with E-state index in [9.17, 15) is 19.8 Å². The Morgan fingerprint density at radius 3 is 2.48 bits per heavy atom. The SMILES string of the molecule is CC(=O)N[C@@H]1[C@H](OCCCC(=O)O)O[C@H](CO)[C@@H](O)[C@@H]1O. The molecule has 5 atom stereocenters. The number of carbonyl (C=O) groups is 2. The summed E-state index contributed by atoms with van der Waals surface area (Å²) in [4.78, 5) is 21.5. The van der Waals surface area contributed by atoms with E-state index < -0.39 is 49.1 Å². The molecule has 1 amide bonds. The van der Waals surface area contributed by atoms with Gasteiger partial charge in [0.2, 0.25) is 5.91 Å². The minimum absolute atomic E-state index is 0.0357. The van der Waals surface area contributed by atoms with Gasteiger partial charge in [-0.1, -0.05) is 0 Å². The highest BCUT2D eigenvalue weighted by Crippen LogP contribution is 2.22. The van der Waals surface area contributed by atoms with Gasteiger partial charge in [-0.3, -0.25) is 9.59 Å². The van der Waals surface area contributed by atoms with Crippen LogP contribution in [0.1, 0.15) is 19.8 Å². The molecule has 1 rings (SSSR count). The van der Waals surface area contributed by atoms with Gasteiger partial charge < -0.3 is 35.2 Å². The van der Waals surface area contributed by atoms with Crippen LogP contribution >= 0.6 is 0 Å². The number of aliphatic carboxylic acids is 1. The lowest BCUT2D eigenvalue weighted by Gasteiger charge is -2.42.